The fourth-order valence-corrected chi connectivity index (χ4v) is 2.73. The minimum Gasteiger partial charge on any atom is -0.490 e. The Labute approximate surface area is 142 Å². The lowest BCUT2D eigenvalue weighted by molar-refractivity contribution is 0.205. The molecule has 2 aromatic rings. The molecule has 0 aliphatic heterocycles. The number of rotatable bonds is 6. The minimum absolute atomic E-state index is 0.139. The summed E-state index contributed by atoms with van der Waals surface area (Å²) in [5.74, 6) is 0.427. The highest BCUT2D eigenvalue weighted by atomic mass is 19.1. The summed E-state index contributed by atoms with van der Waals surface area (Å²) in [6.07, 6.45) is 3.91. The lowest BCUT2D eigenvalue weighted by Crippen LogP contribution is -2.43. The fraction of sp³-hybridized carbons (Fsp3) is 0.444. The molecular formula is C18H25FN4O. The third kappa shape index (κ3) is 4.41. The Bertz CT molecular complexity index is 716. The first-order valence-electron chi connectivity index (χ1n) is 7.98. The van der Waals surface area contributed by atoms with Gasteiger partial charge in [-0.25, -0.2) is 9.37 Å². The highest BCUT2D eigenvalue weighted by Gasteiger charge is 2.21. The average molecular weight is 332 g/mol. The summed E-state index contributed by atoms with van der Waals surface area (Å²) in [5, 5.41) is 0. The molecule has 2 heterocycles. The van der Waals surface area contributed by atoms with Gasteiger partial charge in [-0.3, -0.25) is 4.98 Å². The molecule has 1 atom stereocenters. The molecule has 5 nitrogen and oxygen atoms in total. The highest BCUT2D eigenvalue weighted by molar-refractivity contribution is 5.64. The second-order valence-electron chi connectivity index (χ2n) is 6.93. The number of hydrogen-bond acceptors (Lipinski definition) is 5. The van der Waals surface area contributed by atoms with Crippen LogP contribution in [0.4, 0.5) is 10.2 Å². The van der Waals surface area contributed by atoms with Gasteiger partial charge in [0, 0.05) is 17.3 Å². The van der Waals surface area contributed by atoms with Crippen molar-refractivity contribution in [3.8, 4) is 17.0 Å². The lowest BCUT2D eigenvalue weighted by atomic mass is 9.93. The van der Waals surface area contributed by atoms with Gasteiger partial charge in [-0.1, -0.05) is 13.8 Å². The summed E-state index contributed by atoms with van der Waals surface area (Å²) >= 11 is 0. The molecule has 2 aromatic heterocycles. The minimum atomic E-state index is -0.565. The third-order valence-electron chi connectivity index (χ3n) is 3.69. The standard InChI is InChI=1S/C18H25FN4O/c1-11(2)8-18(4,21)10-24-15-9-23-14(7-12(15)3)13-5-6-22-17(20)16(13)19/h5-7,9,11H,8,10,21H2,1-4H3,(H2,20,22). The largest absolute Gasteiger partial charge is 0.490 e. The number of aromatic nitrogens is 2. The predicted octanol–water partition coefficient (Wildman–Crippen LogP) is 3.32. The van der Waals surface area contributed by atoms with Crippen molar-refractivity contribution in [2.24, 2.45) is 11.7 Å². The summed E-state index contributed by atoms with van der Waals surface area (Å²) in [6.45, 7) is 8.51. The Morgan fingerprint density at radius 2 is 2.04 bits per heavy atom. The van der Waals surface area contributed by atoms with Gasteiger partial charge in [-0.2, -0.15) is 0 Å². The summed E-state index contributed by atoms with van der Waals surface area (Å²) in [5.41, 5.74) is 13.0. The molecule has 0 aliphatic rings. The van der Waals surface area contributed by atoms with E-state index in [9.17, 15) is 4.39 Å². The number of nitrogen functional groups attached to an aromatic ring is 1. The van der Waals surface area contributed by atoms with E-state index in [1.165, 1.54) is 6.20 Å². The van der Waals surface area contributed by atoms with Crippen LogP contribution >= 0.6 is 0 Å². The zero-order valence-electron chi connectivity index (χ0n) is 14.6. The highest BCUT2D eigenvalue weighted by Crippen LogP contribution is 2.27. The smallest absolute Gasteiger partial charge is 0.174 e. The molecule has 130 valence electrons. The number of hydrogen-bond donors (Lipinski definition) is 2. The summed E-state index contributed by atoms with van der Waals surface area (Å²) < 4.78 is 19.9. The van der Waals surface area contributed by atoms with Crippen LogP contribution < -0.4 is 16.2 Å². The van der Waals surface area contributed by atoms with Crippen molar-refractivity contribution in [1.29, 1.82) is 0 Å². The van der Waals surface area contributed by atoms with Crippen molar-refractivity contribution in [2.45, 2.75) is 39.7 Å². The van der Waals surface area contributed by atoms with Gasteiger partial charge in [0.05, 0.1) is 11.9 Å². The van der Waals surface area contributed by atoms with Gasteiger partial charge in [0.2, 0.25) is 0 Å². The topological polar surface area (TPSA) is 87.0 Å². The van der Waals surface area contributed by atoms with Gasteiger partial charge in [0.15, 0.2) is 11.6 Å². The fourth-order valence-electron chi connectivity index (χ4n) is 2.73. The van der Waals surface area contributed by atoms with E-state index >= 15 is 0 Å². The van der Waals surface area contributed by atoms with Gasteiger partial charge in [-0.15, -0.1) is 0 Å². The zero-order valence-corrected chi connectivity index (χ0v) is 14.6. The summed E-state index contributed by atoms with van der Waals surface area (Å²) in [7, 11) is 0. The Balaban J connectivity index is 2.17. The van der Waals surface area contributed by atoms with Gasteiger partial charge < -0.3 is 16.2 Å². The van der Waals surface area contributed by atoms with Crippen LogP contribution in [0, 0.1) is 18.7 Å². The second-order valence-corrected chi connectivity index (χ2v) is 6.93. The number of ether oxygens (including phenoxy) is 1. The van der Waals surface area contributed by atoms with E-state index in [-0.39, 0.29) is 5.82 Å². The van der Waals surface area contributed by atoms with E-state index in [0.29, 0.717) is 29.5 Å². The van der Waals surface area contributed by atoms with Crippen LogP contribution in [0.3, 0.4) is 0 Å². The number of halogens is 1. The van der Waals surface area contributed by atoms with Crippen molar-refractivity contribution in [3.05, 3.63) is 35.9 Å². The molecule has 0 spiro atoms. The van der Waals surface area contributed by atoms with Crippen molar-refractivity contribution < 1.29 is 9.13 Å². The second kappa shape index (κ2) is 7.13. The molecule has 0 bridgehead atoms. The van der Waals surface area contributed by atoms with E-state index < -0.39 is 11.4 Å². The van der Waals surface area contributed by atoms with Crippen LogP contribution in [0.15, 0.2) is 24.5 Å². The maximum absolute atomic E-state index is 14.1. The third-order valence-corrected chi connectivity index (χ3v) is 3.69. The van der Waals surface area contributed by atoms with Crippen molar-refractivity contribution in [1.82, 2.24) is 9.97 Å². The monoisotopic (exact) mass is 332 g/mol. The first-order valence-corrected chi connectivity index (χ1v) is 7.98. The molecule has 0 fully saturated rings. The first kappa shape index (κ1) is 18.1. The van der Waals surface area contributed by atoms with Gasteiger partial charge in [0.1, 0.15) is 12.4 Å². The average Bonchev–Trinajstić information content (AvgIpc) is 2.47. The molecule has 2 rings (SSSR count). The number of pyridine rings is 2. The Morgan fingerprint density at radius 3 is 2.67 bits per heavy atom. The van der Waals surface area contributed by atoms with Gasteiger partial charge in [0.25, 0.3) is 0 Å². The van der Waals surface area contributed by atoms with E-state index in [4.69, 9.17) is 16.2 Å². The normalized spacial score (nSPS) is 13.8. The first-order chi connectivity index (χ1) is 11.2. The predicted molar refractivity (Wildman–Crippen MR) is 94.1 cm³/mol. The maximum atomic E-state index is 14.1. The molecular weight excluding hydrogens is 307 g/mol. The van der Waals surface area contributed by atoms with Crippen molar-refractivity contribution in [2.75, 3.05) is 12.3 Å². The van der Waals surface area contributed by atoms with E-state index in [1.807, 2.05) is 13.8 Å². The van der Waals surface area contributed by atoms with Gasteiger partial charge in [-0.05, 0) is 43.9 Å². The number of nitrogens with two attached hydrogens (primary N) is 2. The summed E-state index contributed by atoms with van der Waals surface area (Å²) in [4.78, 5) is 8.01. The van der Waals surface area contributed by atoms with Crippen molar-refractivity contribution >= 4 is 5.82 Å². The number of nitrogens with zero attached hydrogens (tertiary/aromatic N) is 2. The zero-order chi connectivity index (χ0) is 17.9. The Hall–Kier alpha value is -2.21. The lowest BCUT2D eigenvalue weighted by Gasteiger charge is -2.27. The van der Waals surface area contributed by atoms with Crippen LogP contribution in [-0.2, 0) is 0 Å². The number of anilines is 1. The molecule has 0 amide bonds. The van der Waals surface area contributed by atoms with Crippen LogP contribution in [0.1, 0.15) is 32.8 Å². The Kier molecular flexibility index (Phi) is 5.39. The molecule has 0 saturated heterocycles. The Morgan fingerprint density at radius 1 is 1.33 bits per heavy atom. The van der Waals surface area contributed by atoms with Crippen LogP contribution in [-0.4, -0.2) is 22.1 Å². The van der Waals surface area contributed by atoms with Gasteiger partial charge >= 0.3 is 0 Å². The molecule has 0 radical (unpaired) electrons. The van der Waals surface area contributed by atoms with E-state index in [1.54, 1.807) is 18.3 Å². The van der Waals surface area contributed by atoms with Crippen LogP contribution in [0.5, 0.6) is 5.75 Å². The molecule has 0 aromatic carbocycles. The van der Waals surface area contributed by atoms with Crippen molar-refractivity contribution in [3.63, 3.8) is 0 Å². The maximum Gasteiger partial charge on any atom is 0.174 e. The molecule has 24 heavy (non-hydrogen) atoms. The SMILES string of the molecule is Cc1cc(-c2ccnc(N)c2F)ncc1OCC(C)(N)CC(C)C. The molecule has 0 aliphatic carbocycles. The molecule has 1 unspecified atom stereocenters. The van der Waals surface area contributed by atoms with E-state index in [2.05, 4.69) is 23.8 Å². The van der Waals surface area contributed by atoms with Crippen LogP contribution in [0.2, 0.25) is 0 Å². The quantitative estimate of drug-likeness (QED) is 0.847. The molecule has 0 saturated carbocycles. The summed E-state index contributed by atoms with van der Waals surface area (Å²) in [6, 6.07) is 3.32. The molecule has 6 heteroatoms. The molecule has 4 N–H and O–H groups in total. The van der Waals surface area contributed by atoms with Crippen LogP contribution in [0.25, 0.3) is 11.3 Å². The number of aryl methyl sites for hydroxylation is 1. The van der Waals surface area contributed by atoms with E-state index in [0.717, 1.165) is 12.0 Å².